The van der Waals surface area contributed by atoms with Crippen LogP contribution in [0.1, 0.15) is 70.2 Å². The van der Waals surface area contributed by atoms with Crippen LogP contribution in [0.5, 0.6) is 5.75 Å². The number of nitrogens with zero attached hydrogens (tertiary/aromatic N) is 5. The highest BCUT2D eigenvalue weighted by Gasteiger charge is 2.39. The summed E-state index contributed by atoms with van der Waals surface area (Å²) in [5.41, 5.74) is 7.39. The van der Waals surface area contributed by atoms with E-state index >= 15 is 0 Å². The zero-order chi connectivity index (χ0) is 35.3. The lowest BCUT2D eigenvalue weighted by Gasteiger charge is -2.29. The molecule has 12 nitrogen and oxygen atoms in total. The molecule has 8 rings (SSSR count). The van der Waals surface area contributed by atoms with Crippen molar-refractivity contribution < 1.29 is 19.1 Å². The first-order valence-electron chi connectivity index (χ1n) is 17.5. The largest absolute Gasteiger partial charge is 0.492 e. The number of carbonyl (C=O) groups excluding carboxylic acids is 3. The van der Waals surface area contributed by atoms with Gasteiger partial charge in [0, 0.05) is 90.7 Å². The van der Waals surface area contributed by atoms with Crippen molar-refractivity contribution in [1.82, 2.24) is 40.4 Å². The molecule has 0 saturated heterocycles. The predicted octanol–water partition coefficient (Wildman–Crippen LogP) is 4.98. The monoisotopic (exact) mass is 684 g/mol. The second-order valence-corrected chi connectivity index (χ2v) is 13.7. The van der Waals surface area contributed by atoms with Crippen LogP contribution in [0.4, 0.5) is 4.79 Å². The lowest BCUT2D eigenvalue weighted by Crippen LogP contribution is -2.43. The minimum Gasteiger partial charge on any atom is -0.492 e. The summed E-state index contributed by atoms with van der Waals surface area (Å²) in [4.78, 5) is 53.6. The minimum absolute atomic E-state index is 0.0511. The smallest absolute Gasteiger partial charge is 0.317 e. The number of fused-ring (bicyclic) bond motifs is 5. The van der Waals surface area contributed by atoms with Gasteiger partial charge < -0.3 is 30.2 Å². The first-order chi connectivity index (χ1) is 24.8. The van der Waals surface area contributed by atoms with Crippen LogP contribution in [0, 0.1) is 0 Å². The molecule has 0 radical (unpaired) electrons. The number of hydrogen-bond donors (Lipinski definition) is 3. The van der Waals surface area contributed by atoms with Crippen molar-refractivity contribution in [3.05, 3.63) is 94.8 Å². The van der Waals surface area contributed by atoms with Gasteiger partial charge >= 0.3 is 6.03 Å². The normalized spacial score (nSPS) is 17.4. The molecule has 0 bridgehead atoms. The first-order valence-corrected chi connectivity index (χ1v) is 17.5. The Morgan fingerprint density at radius 3 is 2.75 bits per heavy atom. The van der Waals surface area contributed by atoms with E-state index < -0.39 is 0 Å². The van der Waals surface area contributed by atoms with E-state index in [-0.39, 0.29) is 23.3 Å². The van der Waals surface area contributed by atoms with Gasteiger partial charge in [-0.3, -0.25) is 19.6 Å². The van der Waals surface area contributed by atoms with E-state index in [1.165, 1.54) is 0 Å². The molecule has 6 heterocycles. The SMILES string of the molecule is CCc1nc(-c2cccc3cc(-c4ccc(C(=O)NCCCC5(C)COc6c5ccc5c6CNC5=O)nc4)ncc23)c2n1CCN(C(=O)NC)C2. The van der Waals surface area contributed by atoms with Crippen LogP contribution < -0.4 is 20.7 Å². The molecule has 1 unspecified atom stereocenters. The third kappa shape index (κ3) is 5.64. The number of imidazole rings is 1. The zero-order valence-corrected chi connectivity index (χ0v) is 29.0. The number of ether oxygens (including phenoxy) is 1. The van der Waals surface area contributed by atoms with Gasteiger partial charge in [-0.15, -0.1) is 0 Å². The fourth-order valence-electron chi connectivity index (χ4n) is 7.68. The van der Waals surface area contributed by atoms with E-state index in [2.05, 4.69) is 51.5 Å². The summed E-state index contributed by atoms with van der Waals surface area (Å²) in [5.74, 6) is 1.57. The summed E-state index contributed by atoms with van der Waals surface area (Å²) in [5, 5.41) is 10.6. The molecule has 4 amide bonds. The van der Waals surface area contributed by atoms with Crippen LogP contribution in [0.25, 0.3) is 33.3 Å². The third-order valence-corrected chi connectivity index (χ3v) is 10.5. The fraction of sp³-hybridized carbons (Fsp3) is 0.333. The quantitative estimate of drug-likeness (QED) is 0.196. The number of rotatable bonds is 8. The number of aryl methyl sites for hydroxylation is 1. The fourth-order valence-corrected chi connectivity index (χ4v) is 7.68. The number of amides is 4. The molecule has 2 aromatic carbocycles. The average molecular weight is 685 g/mol. The summed E-state index contributed by atoms with van der Waals surface area (Å²) >= 11 is 0. The standard InChI is InChI=1S/C39H40N8O4/c1-4-33-45-34(32-21-46(38(50)40-3)15-16-47(32)33)25-8-5-7-23-17-31(43-19-27(23)25)24-9-12-30(42-18-24)37(49)41-14-6-13-39(2)22-51-35-28-20-44-36(48)26(28)10-11-29(35)39/h5,7-12,17-19H,4,6,13-16,20-22H2,1-3H3,(H,40,50)(H,41,49)(H,44,48). The first kappa shape index (κ1) is 32.4. The molecular formula is C39H40N8O4. The summed E-state index contributed by atoms with van der Waals surface area (Å²) in [6.07, 6.45) is 5.96. The van der Waals surface area contributed by atoms with Crippen LogP contribution >= 0.6 is 0 Å². The molecule has 3 aliphatic rings. The Balaban J connectivity index is 0.936. The van der Waals surface area contributed by atoms with Gasteiger partial charge in [0.05, 0.1) is 30.2 Å². The highest BCUT2D eigenvalue weighted by atomic mass is 16.5. The molecule has 0 fully saturated rings. The molecule has 260 valence electrons. The van der Waals surface area contributed by atoms with E-state index in [4.69, 9.17) is 14.7 Å². The molecule has 51 heavy (non-hydrogen) atoms. The maximum Gasteiger partial charge on any atom is 0.317 e. The average Bonchev–Trinajstić information content (AvgIpc) is 3.85. The van der Waals surface area contributed by atoms with Crippen molar-refractivity contribution >= 4 is 28.6 Å². The molecule has 1 atom stereocenters. The lowest BCUT2D eigenvalue weighted by atomic mass is 9.79. The van der Waals surface area contributed by atoms with Crippen LogP contribution in [-0.2, 0) is 31.5 Å². The van der Waals surface area contributed by atoms with Gasteiger partial charge in [-0.25, -0.2) is 9.78 Å². The molecular weight excluding hydrogens is 644 g/mol. The second kappa shape index (κ2) is 12.8. The second-order valence-electron chi connectivity index (χ2n) is 13.7. The van der Waals surface area contributed by atoms with E-state index in [0.717, 1.165) is 80.9 Å². The van der Waals surface area contributed by atoms with Gasteiger partial charge in [-0.2, -0.15) is 0 Å². The Labute approximate surface area is 295 Å². The van der Waals surface area contributed by atoms with E-state index in [1.807, 2.05) is 41.4 Å². The van der Waals surface area contributed by atoms with E-state index in [9.17, 15) is 14.4 Å². The van der Waals surface area contributed by atoms with Crippen LogP contribution in [-0.4, -0.2) is 69.0 Å². The van der Waals surface area contributed by atoms with Crippen molar-refractivity contribution in [3.63, 3.8) is 0 Å². The molecule has 3 N–H and O–H groups in total. The van der Waals surface area contributed by atoms with Crippen molar-refractivity contribution in [2.75, 3.05) is 26.7 Å². The molecule has 0 saturated carbocycles. The summed E-state index contributed by atoms with van der Waals surface area (Å²) < 4.78 is 8.32. The summed E-state index contributed by atoms with van der Waals surface area (Å²) in [6, 6.07) is 15.6. The number of urea groups is 1. The van der Waals surface area contributed by atoms with Crippen molar-refractivity contribution in [2.45, 2.75) is 58.2 Å². The predicted molar refractivity (Wildman–Crippen MR) is 192 cm³/mol. The third-order valence-electron chi connectivity index (χ3n) is 10.5. The Hall–Kier alpha value is -5.78. The number of aromatic nitrogens is 4. The van der Waals surface area contributed by atoms with Crippen LogP contribution in [0.15, 0.2) is 60.9 Å². The topological polar surface area (TPSA) is 143 Å². The molecule has 0 spiro atoms. The molecule has 3 aliphatic heterocycles. The highest BCUT2D eigenvalue weighted by molar-refractivity contribution is 6.00. The zero-order valence-electron chi connectivity index (χ0n) is 29.0. The molecule has 3 aromatic heterocycles. The molecule has 5 aromatic rings. The maximum absolute atomic E-state index is 13.0. The van der Waals surface area contributed by atoms with Crippen LogP contribution in [0.2, 0.25) is 0 Å². The number of carbonyl (C=O) groups is 3. The summed E-state index contributed by atoms with van der Waals surface area (Å²) in [6.45, 7) is 7.68. The number of nitrogens with one attached hydrogen (secondary N) is 3. The van der Waals surface area contributed by atoms with Crippen LogP contribution in [0.3, 0.4) is 0 Å². The summed E-state index contributed by atoms with van der Waals surface area (Å²) in [7, 11) is 1.65. The Bertz CT molecular complexity index is 2210. The van der Waals surface area contributed by atoms with Crippen molar-refractivity contribution in [3.8, 4) is 28.3 Å². The van der Waals surface area contributed by atoms with Gasteiger partial charge in [-0.1, -0.05) is 38.1 Å². The van der Waals surface area contributed by atoms with E-state index in [1.54, 1.807) is 19.3 Å². The van der Waals surface area contributed by atoms with Gasteiger partial charge in [0.15, 0.2) is 0 Å². The minimum atomic E-state index is -0.224. The van der Waals surface area contributed by atoms with Crippen molar-refractivity contribution in [2.24, 2.45) is 0 Å². The number of benzene rings is 2. The highest BCUT2D eigenvalue weighted by Crippen LogP contribution is 2.45. The van der Waals surface area contributed by atoms with E-state index in [0.29, 0.717) is 50.6 Å². The Kier molecular flexibility index (Phi) is 8.16. The van der Waals surface area contributed by atoms with Gasteiger partial charge in [-0.05, 0) is 42.5 Å². The molecule has 0 aliphatic carbocycles. The van der Waals surface area contributed by atoms with Gasteiger partial charge in [0.25, 0.3) is 11.8 Å². The van der Waals surface area contributed by atoms with Gasteiger partial charge in [0.2, 0.25) is 0 Å². The number of hydrogen-bond acceptors (Lipinski definition) is 7. The molecule has 12 heteroatoms. The number of pyridine rings is 2. The van der Waals surface area contributed by atoms with Gasteiger partial charge in [0.1, 0.15) is 17.3 Å². The lowest BCUT2D eigenvalue weighted by molar-refractivity contribution is 0.0944. The Morgan fingerprint density at radius 1 is 1.06 bits per heavy atom. The van der Waals surface area contributed by atoms with Crippen molar-refractivity contribution in [1.29, 1.82) is 0 Å². The Morgan fingerprint density at radius 2 is 1.94 bits per heavy atom. The maximum atomic E-state index is 13.0.